The van der Waals surface area contributed by atoms with E-state index >= 15 is 0 Å². The Morgan fingerprint density at radius 2 is 2.67 bits per heavy atom. The van der Waals surface area contributed by atoms with Crippen LogP contribution in [0.25, 0.3) is 0 Å². The number of allylic oxidation sites excluding steroid dienone is 1. The zero-order valence-corrected chi connectivity index (χ0v) is 7.29. The van der Waals surface area contributed by atoms with Gasteiger partial charge < -0.3 is 10.5 Å². The van der Waals surface area contributed by atoms with Gasteiger partial charge >= 0.3 is 0 Å². The molecule has 66 valence electrons. The average Bonchev–Trinajstić information content (AvgIpc) is 2.55. The maximum Gasteiger partial charge on any atom is 0.105 e. The molecule has 0 spiro atoms. The van der Waals surface area contributed by atoms with Gasteiger partial charge in [-0.1, -0.05) is 12.7 Å². The number of ether oxygens (including phenoxy) is 1. The molecule has 1 aliphatic rings. The van der Waals surface area contributed by atoms with Gasteiger partial charge in [-0.25, -0.2) is 0 Å². The number of methoxy groups -OCH3 is 1. The van der Waals surface area contributed by atoms with Gasteiger partial charge in [0.25, 0.3) is 0 Å². The first-order valence-corrected chi connectivity index (χ1v) is 3.94. The quantitative estimate of drug-likeness (QED) is 0.638. The van der Waals surface area contributed by atoms with Crippen molar-refractivity contribution in [3.05, 3.63) is 24.1 Å². The topological polar surface area (TPSA) is 47.6 Å². The number of aliphatic imine (C=N–C) groups is 1. The molecule has 0 fully saturated rings. The highest BCUT2D eigenvalue weighted by Crippen LogP contribution is 2.14. The maximum atomic E-state index is 5.77. The Kier molecular flexibility index (Phi) is 3.05. The Bertz CT molecular complexity index is 231. The predicted octanol–water partition coefficient (Wildman–Crippen LogP) is 1.22. The molecule has 0 aromatic carbocycles. The fraction of sp³-hybridized carbons (Fsp3) is 0.444. The minimum atomic E-state index is -0.142. The molecular formula is C9H14N2O. The van der Waals surface area contributed by atoms with Crippen LogP contribution in [0.1, 0.15) is 12.8 Å². The fourth-order valence-electron chi connectivity index (χ4n) is 1.04. The molecule has 0 aliphatic carbocycles. The Hall–Kier alpha value is -1.09. The van der Waals surface area contributed by atoms with E-state index in [2.05, 4.69) is 17.6 Å². The third-order valence-electron chi connectivity index (χ3n) is 1.82. The molecule has 3 nitrogen and oxygen atoms in total. The number of hydrogen-bond donors (Lipinski definition) is 1. The van der Waals surface area contributed by atoms with E-state index in [4.69, 9.17) is 10.5 Å². The number of rotatable bonds is 4. The highest BCUT2D eigenvalue weighted by Gasteiger charge is 2.10. The molecule has 1 atom stereocenters. The van der Waals surface area contributed by atoms with Crippen LogP contribution in [0.4, 0.5) is 0 Å². The van der Waals surface area contributed by atoms with Gasteiger partial charge in [0.05, 0.1) is 13.2 Å². The minimum absolute atomic E-state index is 0.142. The minimum Gasteiger partial charge on any atom is -0.500 e. The molecule has 0 saturated heterocycles. The van der Waals surface area contributed by atoms with Crippen LogP contribution >= 0.6 is 0 Å². The standard InChI is InChI=1S/C9H14N2O/c1-7(12-2)9(10)6-8-4-3-5-11-8/h4-5,9H,1,3,6,10H2,2H3. The van der Waals surface area contributed by atoms with Crippen LogP contribution in [0, 0.1) is 0 Å². The summed E-state index contributed by atoms with van der Waals surface area (Å²) in [5, 5.41) is 0. The third-order valence-corrected chi connectivity index (χ3v) is 1.82. The molecule has 12 heavy (non-hydrogen) atoms. The van der Waals surface area contributed by atoms with E-state index in [0.717, 1.165) is 12.1 Å². The fourth-order valence-corrected chi connectivity index (χ4v) is 1.04. The Morgan fingerprint density at radius 3 is 3.17 bits per heavy atom. The molecule has 1 heterocycles. The van der Waals surface area contributed by atoms with Gasteiger partial charge in [0.15, 0.2) is 0 Å². The lowest BCUT2D eigenvalue weighted by Gasteiger charge is -2.12. The Morgan fingerprint density at radius 1 is 1.92 bits per heavy atom. The van der Waals surface area contributed by atoms with E-state index in [-0.39, 0.29) is 6.04 Å². The van der Waals surface area contributed by atoms with Gasteiger partial charge in [-0.2, -0.15) is 0 Å². The second-order valence-corrected chi connectivity index (χ2v) is 2.72. The van der Waals surface area contributed by atoms with Crippen molar-refractivity contribution in [1.29, 1.82) is 0 Å². The summed E-state index contributed by atoms with van der Waals surface area (Å²) in [6.45, 7) is 3.69. The van der Waals surface area contributed by atoms with Crippen molar-refractivity contribution >= 4 is 6.21 Å². The Balaban J connectivity index is 2.40. The monoisotopic (exact) mass is 166 g/mol. The van der Waals surface area contributed by atoms with Crippen LogP contribution in [0.3, 0.4) is 0 Å². The number of nitrogens with two attached hydrogens (primary N) is 1. The summed E-state index contributed by atoms with van der Waals surface area (Å²) in [7, 11) is 1.58. The van der Waals surface area contributed by atoms with Gasteiger partial charge in [-0.05, 0) is 0 Å². The lowest BCUT2D eigenvalue weighted by atomic mass is 10.1. The van der Waals surface area contributed by atoms with Gasteiger partial charge in [-0.3, -0.25) is 4.99 Å². The highest BCUT2D eigenvalue weighted by molar-refractivity contribution is 5.64. The van der Waals surface area contributed by atoms with Crippen LogP contribution in [-0.2, 0) is 4.74 Å². The first-order valence-electron chi connectivity index (χ1n) is 3.94. The first kappa shape index (κ1) is 9.00. The zero-order valence-electron chi connectivity index (χ0n) is 7.29. The summed E-state index contributed by atoms with van der Waals surface area (Å²) in [4.78, 5) is 4.15. The number of nitrogens with zero attached hydrogens (tertiary/aromatic N) is 1. The summed E-state index contributed by atoms with van der Waals surface area (Å²) in [6, 6.07) is -0.142. The van der Waals surface area contributed by atoms with Crippen molar-refractivity contribution < 1.29 is 4.74 Å². The molecule has 1 aliphatic heterocycles. The van der Waals surface area contributed by atoms with Crippen molar-refractivity contribution in [1.82, 2.24) is 0 Å². The van der Waals surface area contributed by atoms with E-state index in [0.29, 0.717) is 12.2 Å². The molecule has 0 amide bonds. The van der Waals surface area contributed by atoms with Crippen molar-refractivity contribution in [2.24, 2.45) is 10.7 Å². The molecule has 0 radical (unpaired) electrons. The average molecular weight is 166 g/mol. The third kappa shape index (κ3) is 2.20. The first-order chi connectivity index (χ1) is 5.74. The predicted molar refractivity (Wildman–Crippen MR) is 49.9 cm³/mol. The van der Waals surface area contributed by atoms with Crippen LogP contribution < -0.4 is 5.73 Å². The summed E-state index contributed by atoms with van der Waals surface area (Å²) in [5.41, 5.74) is 6.80. The van der Waals surface area contributed by atoms with Crippen molar-refractivity contribution in [3.63, 3.8) is 0 Å². The van der Waals surface area contributed by atoms with Crippen molar-refractivity contribution in [2.45, 2.75) is 18.9 Å². The van der Waals surface area contributed by atoms with E-state index in [1.165, 1.54) is 0 Å². The zero-order chi connectivity index (χ0) is 8.97. The second-order valence-electron chi connectivity index (χ2n) is 2.72. The normalized spacial score (nSPS) is 17.3. The second kappa shape index (κ2) is 4.07. The highest BCUT2D eigenvalue weighted by atomic mass is 16.5. The molecule has 1 rings (SSSR count). The van der Waals surface area contributed by atoms with Crippen LogP contribution in [0.5, 0.6) is 0 Å². The molecule has 1 unspecified atom stereocenters. The number of hydrogen-bond acceptors (Lipinski definition) is 3. The summed E-state index contributed by atoms with van der Waals surface area (Å²) in [5.74, 6) is 0.609. The smallest absolute Gasteiger partial charge is 0.105 e. The Labute approximate surface area is 72.6 Å². The van der Waals surface area contributed by atoms with Crippen LogP contribution in [0.15, 0.2) is 29.1 Å². The van der Waals surface area contributed by atoms with E-state index < -0.39 is 0 Å². The lowest BCUT2D eigenvalue weighted by Crippen LogP contribution is -2.23. The molecule has 0 bridgehead atoms. The largest absolute Gasteiger partial charge is 0.500 e. The van der Waals surface area contributed by atoms with Crippen molar-refractivity contribution in [2.75, 3.05) is 7.11 Å². The summed E-state index contributed by atoms with van der Waals surface area (Å²) < 4.78 is 4.92. The molecule has 0 aromatic rings. The molecular weight excluding hydrogens is 152 g/mol. The lowest BCUT2D eigenvalue weighted by molar-refractivity contribution is 0.266. The molecule has 0 saturated carbocycles. The van der Waals surface area contributed by atoms with Gasteiger partial charge in [0, 0.05) is 24.8 Å². The van der Waals surface area contributed by atoms with Crippen molar-refractivity contribution in [3.8, 4) is 0 Å². The summed E-state index contributed by atoms with van der Waals surface area (Å²) >= 11 is 0. The van der Waals surface area contributed by atoms with Gasteiger partial charge in [0.1, 0.15) is 5.76 Å². The molecule has 0 aromatic heterocycles. The van der Waals surface area contributed by atoms with E-state index in [9.17, 15) is 0 Å². The van der Waals surface area contributed by atoms with E-state index in [1.807, 2.05) is 6.21 Å². The van der Waals surface area contributed by atoms with E-state index in [1.54, 1.807) is 7.11 Å². The summed E-state index contributed by atoms with van der Waals surface area (Å²) in [6.07, 6.45) is 5.56. The SMILES string of the molecule is C=C(OC)C(N)CC1=CCC=N1. The van der Waals surface area contributed by atoms with Gasteiger partial charge in [0.2, 0.25) is 0 Å². The van der Waals surface area contributed by atoms with Crippen LogP contribution in [-0.4, -0.2) is 19.4 Å². The maximum absolute atomic E-state index is 5.77. The molecule has 2 N–H and O–H groups in total. The molecule has 3 heteroatoms. The van der Waals surface area contributed by atoms with Crippen LogP contribution in [0.2, 0.25) is 0 Å². The van der Waals surface area contributed by atoms with Gasteiger partial charge in [-0.15, -0.1) is 0 Å².